The Bertz CT molecular complexity index is 2380. The largest absolute Gasteiger partial charge is 0.298 e. The lowest BCUT2D eigenvalue weighted by Gasteiger charge is -2.18. The van der Waals surface area contributed by atoms with Gasteiger partial charge >= 0.3 is 0 Å². The third-order valence-corrected chi connectivity index (χ3v) is 9.89. The van der Waals surface area contributed by atoms with Crippen LogP contribution < -0.4 is 0 Å². The maximum absolute atomic E-state index is 13.4. The van der Waals surface area contributed by atoms with Crippen molar-refractivity contribution in [2.45, 2.75) is 5.92 Å². The fourth-order valence-corrected chi connectivity index (χ4v) is 7.29. The van der Waals surface area contributed by atoms with E-state index in [1.807, 2.05) is 36.5 Å². The van der Waals surface area contributed by atoms with Crippen LogP contribution >= 0.6 is 11.3 Å². The third kappa shape index (κ3) is 6.88. The van der Waals surface area contributed by atoms with Crippen molar-refractivity contribution in [3.63, 3.8) is 0 Å². The molecule has 0 saturated carbocycles. The van der Waals surface area contributed by atoms with Crippen molar-refractivity contribution < 1.29 is 4.39 Å². The summed E-state index contributed by atoms with van der Waals surface area (Å²) in [7, 11) is 0. The number of hydrogen-bond donors (Lipinski definition) is 1. The summed E-state index contributed by atoms with van der Waals surface area (Å²) in [6, 6.07) is 52.6. The van der Waals surface area contributed by atoms with Crippen molar-refractivity contribution in [3.8, 4) is 43.5 Å². The molecular weight excluding hydrogens is 650 g/mol. The highest BCUT2D eigenvalue weighted by Gasteiger charge is 2.16. The predicted octanol–water partition coefficient (Wildman–Crippen LogP) is 11.2. The van der Waals surface area contributed by atoms with E-state index in [1.54, 1.807) is 35.9 Å². The zero-order valence-electron chi connectivity index (χ0n) is 27.5. The third-order valence-electron chi connectivity index (χ3n) is 8.76. The van der Waals surface area contributed by atoms with E-state index in [0.717, 1.165) is 49.2 Å². The Morgan fingerprint density at radius 2 is 1.18 bits per heavy atom. The van der Waals surface area contributed by atoms with Crippen LogP contribution in [0.5, 0.6) is 0 Å². The van der Waals surface area contributed by atoms with Crippen LogP contribution in [0.3, 0.4) is 0 Å². The van der Waals surface area contributed by atoms with Crippen molar-refractivity contribution in [3.05, 3.63) is 205 Å². The summed E-state index contributed by atoms with van der Waals surface area (Å²) in [5.74, 6) is 0.0453. The van der Waals surface area contributed by atoms with E-state index in [9.17, 15) is 4.39 Å². The first-order valence-electron chi connectivity index (χ1n) is 16.6. The summed E-state index contributed by atoms with van der Waals surface area (Å²) in [4.78, 5) is 11.3. The van der Waals surface area contributed by atoms with Crippen molar-refractivity contribution >= 4 is 17.0 Å². The Hall–Kier alpha value is -6.44. The first kappa shape index (κ1) is 31.8. The molecule has 9 rings (SSSR count). The number of nitrogens with one attached hydrogen (secondary N) is 1. The Morgan fingerprint density at radius 3 is 1.80 bits per heavy atom. The Labute approximate surface area is 299 Å². The second kappa shape index (κ2) is 14.6. The number of pyridine rings is 2. The molecule has 0 fully saturated rings. The molecular formula is C44H32FN5S. The Balaban J connectivity index is 0.000000168. The van der Waals surface area contributed by atoms with Crippen molar-refractivity contribution in [2.24, 2.45) is 0 Å². The van der Waals surface area contributed by atoms with Crippen LogP contribution in [-0.2, 0) is 0 Å². The quantitative estimate of drug-likeness (QED) is 0.170. The minimum absolute atomic E-state index is 0.264. The minimum Gasteiger partial charge on any atom is -0.298 e. The van der Waals surface area contributed by atoms with Crippen molar-refractivity contribution in [2.75, 3.05) is 0 Å². The highest BCUT2D eigenvalue weighted by Crippen LogP contribution is 2.36. The SMILES string of the molecule is Fc1ccc(-c2[nH]ncc2-c2ccc3ncc(-c4ccc(-c5ccccn5)s4)n3c2)cc1.c1ccc(C(c2ccccc2)c2ccccc2)cc1. The molecule has 0 aliphatic rings. The molecule has 0 spiro atoms. The maximum Gasteiger partial charge on any atom is 0.137 e. The van der Waals surface area contributed by atoms with Crippen LogP contribution in [0.2, 0.25) is 0 Å². The normalized spacial score (nSPS) is 11.0. The average molecular weight is 682 g/mol. The zero-order valence-corrected chi connectivity index (χ0v) is 28.3. The van der Waals surface area contributed by atoms with E-state index in [0.29, 0.717) is 5.92 Å². The predicted molar refractivity (Wildman–Crippen MR) is 205 cm³/mol. The smallest absolute Gasteiger partial charge is 0.137 e. The Morgan fingerprint density at radius 1 is 0.569 bits per heavy atom. The number of halogens is 1. The molecule has 0 radical (unpaired) electrons. The van der Waals surface area contributed by atoms with Gasteiger partial charge in [0.2, 0.25) is 0 Å². The molecule has 51 heavy (non-hydrogen) atoms. The highest BCUT2D eigenvalue weighted by atomic mass is 32.1. The Kier molecular flexibility index (Phi) is 9.09. The standard InChI is InChI=1S/C25H16FN5S.C19H16/c26-18-7-4-16(5-8-18)25-19(13-29-30-25)17-6-11-24-28-14-21(31(24)15-17)23-10-9-22(32-23)20-3-1-2-12-27-20;1-4-10-16(11-5-1)19(17-12-6-2-7-13-17)18-14-8-3-9-15-18/h1-15H,(H,29,30);1-15,19H. The van der Waals surface area contributed by atoms with Crippen molar-refractivity contribution in [1.82, 2.24) is 24.6 Å². The number of thiophene rings is 1. The first-order chi connectivity index (χ1) is 25.2. The summed E-state index contributed by atoms with van der Waals surface area (Å²) in [6.45, 7) is 0. The van der Waals surface area contributed by atoms with Gasteiger partial charge in [-0.2, -0.15) is 5.10 Å². The van der Waals surface area contributed by atoms with Gasteiger partial charge in [0, 0.05) is 35.0 Å². The minimum atomic E-state index is -0.264. The maximum atomic E-state index is 13.4. The molecule has 0 bridgehead atoms. The lowest BCUT2D eigenvalue weighted by molar-refractivity contribution is 0.628. The number of aromatic amines is 1. The highest BCUT2D eigenvalue weighted by molar-refractivity contribution is 7.18. The average Bonchev–Trinajstić information content (AvgIpc) is 3.98. The number of rotatable bonds is 7. The molecule has 5 heterocycles. The van der Waals surface area contributed by atoms with Crippen molar-refractivity contribution in [1.29, 1.82) is 0 Å². The molecule has 246 valence electrons. The van der Waals surface area contributed by atoms with E-state index < -0.39 is 0 Å². The molecule has 0 unspecified atom stereocenters. The van der Waals surface area contributed by atoms with Gasteiger partial charge in [-0.25, -0.2) is 9.37 Å². The van der Waals surface area contributed by atoms with Gasteiger partial charge in [0.05, 0.1) is 39.2 Å². The molecule has 5 nitrogen and oxygen atoms in total. The van der Waals surface area contributed by atoms with Crippen LogP contribution in [0, 0.1) is 5.82 Å². The molecule has 7 heteroatoms. The second-order valence-corrected chi connectivity index (χ2v) is 13.1. The summed E-state index contributed by atoms with van der Waals surface area (Å²) in [5.41, 5.74) is 10.5. The van der Waals surface area contributed by atoms with Gasteiger partial charge in [0.25, 0.3) is 0 Å². The summed E-state index contributed by atoms with van der Waals surface area (Å²) >= 11 is 1.69. The van der Waals surface area contributed by atoms with Gasteiger partial charge in [-0.05, 0) is 77.4 Å². The van der Waals surface area contributed by atoms with E-state index in [-0.39, 0.29) is 5.82 Å². The number of imidazole rings is 1. The topological polar surface area (TPSA) is 58.9 Å². The van der Waals surface area contributed by atoms with E-state index >= 15 is 0 Å². The fourth-order valence-electron chi connectivity index (χ4n) is 6.30. The monoisotopic (exact) mass is 681 g/mol. The van der Waals surface area contributed by atoms with Crippen LogP contribution in [0.4, 0.5) is 4.39 Å². The molecule has 0 atom stereocenters. The summed E-state index contributed by atoms with van der Waals surface area (Å²) in [6.07, 6.45) is 7.55. The number of fused-ring (bicyclic) bond motifs is 1. The van der Waals surface area contributed by atoms with Gasteiger partial charge in [0.15, 0.2) is 0 Å². The van der Waals surface area contributed by atoms with Gasteiger partial charge in [0.1, 0.15) is 11.5 Å². The second-order valence-electron chi connectivity index (χ2n) is 12.0. The zero-order chi connectivity index (χ0) is 34.4. The first-order valence-corrected chi connectivity index (χ1v) is 17.5. The molecule has 0 aliphatic heterocycles. The number of aromatic nitrogens is 5. The number of hydrogen-bond acceptors (Lipinski definition) is 4. The lowest BCUT2D eigenvalue weighted by atomic mass is 9.85. The van der Waals surface area contributed by atoms with E-state index in [2.05, 4.69) is 134 Å². The number of nitrogens with zero attached hydrogens (tertiary/aromatic N) is 4. The number of benzene rings is 4. The molecule has 5 aromatic heterocycles. The molecule has 0 amide bonds. The molecule has 0 saturated heterocycles. The van der Waals surface area contributed by atoms with Crippen LogP contribution in [0.1, 0.15) is 22.6 Å². The number of H-pyrrole nitrogens is 1. The molecule has 4 aromatic carbocycles. The summed E-state index contributed by atoms with van der Waals surface area (Å²) < 4.78 is 15.5. The van der Waals surface area contributed by atoms with Gasteiger partial charge < -0.3 is 0 Å². The summed E-state index contributed by atoms with van der Waals surface area (Å²) in [5, 5.41) is 7.28. The van der Waals surface area contributed by atoms with Crippen LogP contribution in [0.15, 0.2) is 183 Å². The van der Waals surface area contributed by atoms with Gasteiger partial charge in [-0.15, -0.1) is 11.3 Å². The molecule has 9 aromatic rings. The fraction of sp³-hybridized carbons (Fsp3) is 0.0227. The van der Waals surface area contributed by atoms with Gasteiger partial charge in [-0.3, -0.25) is 14.5 Å². The van der Waals surface area contributed by atoms with Gasteiger partial charge in [-0.1, -0.05) is 97.1 Å². The van der Waals surface area contributed by atoms with Crippen LogP contribution in [-0.4, -0.2) is 24.6 Å². The van der Waals surface area contributed by atoms with E-state index in [1.165, 1.54) is 28.8 Å². The van der Waals surface area contributed by atoms with Crippen LogP contribution in [0.25, 0.3) is 49.2 Å². The van der Waals surface area contributed by atoms with E-state index in [4.69, 9.17) is 0 Å². The molecule has 0 aliphatic carbocycles. The molecule has 1 N–H and O–H groups in total. The lowest BCUT2D eigenvalue weighted by Crippen LogP contribution is -2.02.